The third-order valence-corrected chi connectivity index (χ3v) is 3.77. The largest absolute Gasteiger partial charge is 0.491 e. The quantitative estimate of drug-likeness (QED) is 0.894. The number of ether oxygens (including phenoxy) is 1. The standard InChI is InChI=1S/C15H15ClN2O3/c16-10-7-12(17-8-10)15(20)18-5-6-21-14-4-2-1-3-11(14)13(18)9-19/h1-4,7-8,13,17,19H,5-6,9H2. The van der Waals surface area contributed by atoms with Gasteiger partial charge in [0.05, 0.1) is 24.2 Å². The van der Waals surface area contributed by atoms with Gasteiger partial charge in [-0.15, -0.1) is 0 Å². The van der Waals surface area contributed by atoms with Crippen LogP contribution in [-0.4, -0.2) is 40.7 Å². The molecule has 0 radical (unpaired) electrons. The summed E-state index contributed by atoms with van der Waals surface area (Å²) in [6, 6.07) is 8.59. The van der Waals surface area contributed by atoms with Crippen molar-refractivity contribution in [2.45, 2.75) is 6.04 Å². The molecule has 6 heteroatoms. The van der Waals surface area contributed by atoms with Crippen LogP contribution in [0.5, 0.6) is 5.75 Å². The van der Waals surface area contributed by atoms with Crippen LogP contribution < -0.4 is 4.74 Å². The van der Waals surface area contributed by atoms with E-state index < -0.39 is 6.04 Å². The molecule has 2 heterocycles. The van der Waals surface area contributed by atoms with Gasteiger partial charge in [-0.05, 0) is 12.1 Å². The van der Waals surface area contributed by atoms with E-state index in [9.17, 15) is 9.90 Å². The lowest BCUT2D eigenvalue weighted by molar-refractivity contribution is 0.0580. The number of benzene rings is 1. The average molecular weight is 307 g/mol. The minimum atomic E-state index is -0.432. The van der Waals surface area contributed by atoms with Crippen LogP contribution in [0, 0.1) is 0 Å². The summed E-state index contributed by atoms with van der Waals surface area (Å²) in [6.07, 6.45) is 1.56. The monoisotopic (exact) mass is 306 g/mol. The molecule has 1 atom stereocenters. The summed E-state index contributed by atoms with van der Waals surface area (Å²) < 4.78 is 5.66. The maximum atomic E-state index is 12.6. The van der Waals surface area contributed by atoms with Crippen molar-refractivity contribution in [1.29, 1.82) is 0 Å². The third-order valence-electron chi connectivity index (χ3n) is 3.56. The highest BCUT2D eigenvalue weighted by Gasteiger charge is 2.30. The summed E-state index contributed by atoms with van der Waals surface area (Å²) in [6.45, 7) is 0.615. The van der Waals surface area contributed by atoms with Crippen molar-refractivity contribution >= 4 is 17.5 Å². The van der Waals surface area contributed by atoms with E-state index in [0.29, 0.717) is 29.6 Å². The minimum absolute atomic E-state index is 0.166. The average Bonchev–Trinajstić information content (AvgIpc) is 2.84. The van der Waals surface area contributed by atoms with E-state index in [-0.39, 0.29) is 12.5 Å². The summed E-state index contributed by atoms with van der Waals surface area (Å²) in [5, 5.41) is 10.2. The van der Waals surface area contributed by atoms with Crippen molar-refractivity contribution in [3.05, 3.63) is 52.8 Å². The number of amides is 1. The molecule has 1 aromatic heterocycles. The van der Waals surface area contributed by atoms with E-state index >= 15 is 0 Å². The molecule has 1 aromatic carbocycles. The minimum Gasteiger partial charge on any atom is -0.491 e. The topological polar surface area (TPSA) is 65.6 Å². The van der Waals surface area contributed by atoms with Crippen LogP contribution in [0.2, 0.25) is 5.02 Å². The Labute approximate surface area is 127 Å². The zero-order valence-electron chi connectivity index (χ0n) is 11.3. The summed E-state index contributed by atoms with van der Waals surface area (Å²) in [5.74, 6) is 0.498. The molecule has 110 valence electrons. The molecule has 5 nitrogen and oxygen atoms in total. The highest BCUT2D eigenvalue weighted by molar-refractivity contribution is 6.30. The van der Waals surface area contributed by atoms with E-state index in [4.69, 9.17) is 16.3 Å². The fourth-order valence-electron chi connectivity index (χ4n) is 2.55. The van der Waals surface area contributed by atoms with E-state index in [1.54, 1.807) is 17.2 Å². The maximum absolute atomic E-state index is 12.6. The van der Waals surface area contributed by atoms with Crippen LogP contribution in [0.3, 0.4) is 0 Å². The van der Waals surface area contributed by atoms with E-state index in [0.717, 1.165) is 5.56 Å². The van der Waals surface area contributed by atoms with Crippen molar-refractivity contribution in [3.63, 3.8) is 0 Å². The van der Waals surface area contributed by atoms with Crippen LogP contribution >= 0.6 is 11.6 Å². The molecule has 0 saturated carbocycles. The first kappa shape index (κ1) is 14.0. The lowest BCUT2D eigenvalue weighted by Gasteiger charge is -2.28. The van der Waals surface area contributed by atoms with E-state index in [1.165, 1.54) is 0 Å². The van der Waals surface area contributed by atoms with Gasteiger partial charge < -0.3 is 19.7 Å². The molecular weight excluding hydrogens is 292 g/mol. The number of hydrogen-bond acceptors (Lipinski definition) is 3. The van der Waals surface area contributed by atoms with Gasteiger partial charge in [0.15, 0.2) is 0 Å². The number of H-pyrrole nitrogens is 1. The van der Waals surface area contributed by atoms with Gasteiger partial charge in [0.2, 0.25) is 0 Å². The fraction of sp³-hybridized carbons (Fsp3) is 0.267. The van der Waals surface area contributed by atoms with Crippen LogP contribution in [0.25, 0.3) is 0 Å². The van der Waals surface area contributed by atoms with E-state index in [1.807, 2.05) is 24.3 Å². The lowest BCUT2D eigenvalue weighted by atomic mass is 10.0. The Morgan fingerprint density at radius 3 is 3.00 bits per heavy atom. The zero-order valence-corrected chi connectivity index (χ0v) is 12.0. The Balaban J connectivity index is 1.96. The number of nitrogens with one attached hydrogen (secondary N) is 1. The third kappa shape index (κ3) is 2.62. The predicted octanol–water partition coefficient (Wildman–Crippen LogP) is 2.24. The van der Waals surface area contributed by atoms with Gasteiger partial charge in [0.25, 0.3) is 5.91 Å². The number of halogens is 1. The van der Waals surface area contributed by atoms with Crippen LogP contribution in [0.4, 0.5) is 0 Å². The van der Waals surface area contributed by atoms with Gasteiger partial charge in [0.1, 0.15) is 18.1 Å². The van der Waals surface area contributed by atoms with Gasteiger partial charge >= 0.3 is 0 Å². The van der Waals surface area contributed by atoms with Crippen molar-refractivity contribution in [2.24, 2.45) is 0 Å². The number of carbonyl (C=O) groups is 1. The number of rotatable bonds is 2. The molecule has 3 rings (SSSR count). The summed E-state index contributed by atoms with van der Waals surface area (Å²) in [5.41, 5.74) is 1.21. The first-order chi connectivity index (χ1) is 10.2. The number of aliphatic hydroxyl groups excluding tert-OH is 1. The highest BCUT2D eigenvalue weighted by Crippen LogP contribution is 2.32. The van der Waals surface area contributed by atoms with Crippen LogP contribution in [-0.2, 0) is 0 Å². The summed E-state index contributed by atoms with van der Waals surface area (Å²) >= 11 is 5.85. The van der Waals surface area contributed by atoms with E-state index in [2.05, 4.69) is 4.98 Å². The molecule has 0 spiro atoms. The van der Waals surface area contributed by atoms with Crippen molar-refractivity contribution in [2.75, 3.05) is 19.8 Å². The molecule has 1 amide bonds. The Morgan fingerprint density at radius 2 is 2.29 bits per heavy atom. The zero-order chi connectivity index (χ0) is 14.8. The molecule has 1 aliphatic heterocycles. The number of nitrogens with zero attached hydrogens (tertiary/aromatic N) is 1. The Bertz CT molecular complexity index is 656. The second-order valence-corrected chi connectivity index (χ2v) is 5.25. The number of aromatic amines is 1. The molecule has 2 N–H and O–H groups in total. The lowest BCUT2D eigenvalue weighted by Crippen LogP contribution is -2.38. The smallest absolute Gasteiger partial charge is 0.271 e. The molecular formula is C15H15ClN2O3. The Hall–Kier alpha value is -1.98. The Morgan fingerprint density at radius 1 is 1.48 bits per heavy atom. The summed E-state index contributed by atoms with van der Waals surface area (Å²) in [4.78, 5) is 17.1. The van der Waals surface area contributed by atoms with Crippen molar-refractivity contribution in [3.8, 4) is 5.75 Å². The number of hydrogen-bond donors (Lipinski definition) is 2. The Kier molecular flexibility index (Phi) is 3.86. The first-order valence-electron chi connectivity index (χ1n) is 6.68. The molecule has 0 fully saturated rings. The molecule has 2 aromatic rings. The van der Waals surface area contributed by atoms with Gasteiger partial charge in [-0.2, -0.15) is 0 Å². The van der Waals surface area contributed by atoms with Gasteiger partial charge in [0, 0.05) is 11.8 Å². The number of para-hydroxylation sites is 1. The maximum Gasteiger partial charge on any atom is 0.271 e. The fourth-order valence-corrected chi connectivity index (χ4v) is 2.71. The molecule has 0 bridgehead atoms. The molecule has 1 unspecified atom stereocenters. The van der Waals surface area contributed by atoms with Crippen molar-refractivity contribution < 1.29 is 14.6 Å². The van der Waals surface area contributed by atoms with Gasteiger partial charge in [-0.1, -0.05) is 29.8 Å². The normalized spacial score (nSPS) is 17.8. The van der Waals surface area contributed by atoms with Crippen molar-refractivity contribution in [1.82, 2.24) is 9.88 Å². The first-order valence-corrected chi connectivity index (χ1v) is 7.06. The van der Waals surface area contributed by atoms with Crippen LogP contribution in [0.1, 0.15) is 22.1 Å². The van der Waals surface area contributed by atoms with Crippen LogP contribution in [0.15, 0.2) is 36.5 Å². The second kappa shape index (κ2) is 5.79. The number of aromatic nitrogens is 1. The highest BCUT2D eigenvalue weighted by atomic mass is 35.5. The van der Waals surface area contributed by atoms with Gasteiger partial charge in [-0.3, -0.25) is 4.79 Å². The second-order valence-electron chi connectivity index (χ2n) is 4.81. The predicted molar refractivity (Wildman–Crippen MR) is 78.6 cm³/mol. The molecule has 0 aliphatic carbocycles. The summed E-state index contributed by atoms with van der Waals surface area (Å²) in [7, 11) is 0. The number of carbonyl (C=O) groups excluding carboxylic acids is 1. The number of fused-ring (bicyclic) bond motifs is 1. The molecule has 1 aliphatic rings. The van der Waals surface area contributed by atoms with Gasteiger partial charge in [-0.25, -0.2) is 0 Å². The molecule has 21 heavy (non-hydrogen) atoms. The number of aliphatic hydroxyl groups is 1. The SMILES string of the molecule is O=C(c1cc(Cl)c[nH]1)N1CCOc2ccccc2C1CO. The molecule has 0 saturated heterocycles.